The van der Waals surface area contributed by atoms with Crippen LogP contribution >= 0.6 is 0 Å². The van der Waals surface area contributed by atoms with Crippen LogP contribution in [0.5, 0.6) is 0 Å². The molecule has 2 unspecified atom stereocenters. The highest BCUT2D eigenvalue weighted by Crippen LogP contribution is 2.32. The van der Waals surface area contributed by atoms with Crippen LogP contribution < -0.4 is 0 Å². The van der Waals surface area contributed by atoms with Gasteiger partial charge in [0, 0.05) is 0 Å². The summed E-state index contributed by atoms with van der Waals surface area (Å²) in [4.78, 5) is 0. The lowest BCUT2D eigenvalue weighted by molar-refractivity contribution is -0.345. The fraction of sp³-hybridized carbons (Fsp3) is 1.00. The van der Waals surface area contributed by atoms with Gasteiger partial charge in [-0.25, -0.2) is 0 Å². The van der Waals surface area contributed by atoms with Crippen LogP contribution in [0, 0.1) is 5.92 Å². The molecule has 66 valence electrons. The summed E-state index contributed by atoms with van der Waals surface area (Å²) in [5.41, 5.74) is 0. The summed E-state index contributed by atoms with van der Waals surface area (Å²) in [5.74, 6) is 0.0524. The van der Waals surface area contributed by atoms with Gasteiger partial charge in [-0.3, -0.25) is 4.74 Å². The maximum atomic E-state index is 11.7. The lowest BCUT2D eigenvalue weighted by Crippen LogP contribution is -2.25. The maximum absolute atomic E-state index is 11.7. The van der Waals surface area contributed by atoms with E-state index < -0.39 is 12.5 Å². The SMILES string of the molecule is CC1CCCC1OC(F)(F)F. The Kier molecular flexibility index (Phi) is 2.42. The van der Waals surface area contributed by atoms with Gasteiger partial charge in [0.2, 0.25) is 0 Å². The quantitative estimate of drug-likeness (QED) is 0.585. The Hall–Kier alpha value is -0.250. The topological polar surface area (TPSA) is 9.23 Å². The fourth-order valence-electron chi connectivity index (χ4n) is 1.46. The van der Waals surface area contributed by atoms with Gasteiger partial charge in [-0.1, -0.05) is 13.3 Å². The molecule has 0 aromatic rings. The summed E-state index contributed by atoms with van der Waals surface area (Å²) in [6.45, 7) is 1.80. The molecule has 1 nitrogen and oxygen atoms in total. The number of rotatable bonds is 1. The smallest absolute Gasteiger partial charge is 0.288 e. The van der Waals surface area contributed by atoms with Crippen molar-refractivity contribution in [3.05, 3.63) is 0 Å². The Morgan fingerprint density at radius 2 is 1.91 bits per heavy atom. The summed E-state index contributed by atoms with van der Waals surface area (Å²) >= 11 is 0. The first-order valence-electron chi connectivity index (χ1n) is 3.73. The van der Waals surface area contributed by atoms with Gasteiger partial charge in [0.05, 0.1) is 6.10 Å². The fourth-order valence-corrected chi connectivity index (χ4v) is 1.46. The molecule has 0 bridgehead atoms. The van der Waals surface area contributed by atoms with Gasteiger partial charge in [-0.05, 0) is 18.8 Å². The average molecular weight is 168 g/mol. The Balaban J connectivity index is 2.37. The van der Waals surface area contributed by atoms with Crippen LogP contribution in [0.2, 0.25) is 0 Å². The second-order valence-corrected chi connectivity index (χ2v) is 3.01. The van der Waals surface area contributed by atoms with Gasteiger partial charge in [0.1, 0.15) is 0 Å². The van der Waals surface area contributed by atoms with E-state index in [0.29, 0.717) is 6.42 Å². The normalized spacial score (nSPS) is 32.7. The van der Waals surface area contributed by atoms with Crippen LogP contribution in [0.25, 0.3) is 0 Å². The molecule has 2 atom stereocenters. The predicted octanol–water partition coefficient (Wildman–Crippen LogP) is 2.71. The Morgan fingerprint density at radius 3 is 2.27 bits per heavy atom. The molecule has 0 spiro atoms. The first kappa shape index (κ1) is 8.84. The van der Waals surface area contributed by atoms with Crippen molar-refractivity contribution < 1.29 is 17.9 Å². The van der Waals surface area contributed by atoms with E-state index in [1.807, 2.05) is 0 Å². The van der Waals surface area contributed by atoms with E-state index in [4.69, 9.17) is 0 Å². The molecule has 1 aliphatic rings. The van der Waals surface area contributed by atoms with Gasteiger partial charge in [-0.2, -0.15) is 0 Å². The molecule has 1 saturated carbocycles. The number of hydrogen-bond donors (Lipinski definition) is 0. The highest BCUT2D eigenvalue weighted by molar-refractivity contribution is 4.74. The van der Waals surface area contributed by atoms with Crippen molar-refractivity contribution in [2.24, 2.45) is 5.92 Å². The zero-order chi connectivity index (χ0) is 8.48. The Morgan fingerprint density at radius 1 is 1.27 bits per heavy atom. The molecule has 1 rings (SSSR count). The molecule has 0 saturated heterocycles. The number of ether oxygens (including phenoxy) is 1. The highest BCUT2D eigenvalue weighted by Gasteiger charge is 2.37. The third kappa shape index (κ3) is 2.69. The van der Waals surface area contributed by atoms with Crippen LogP contribution in [0.1, 0.15) is 26.2 Å². The second-order valence-electron chi connectivity index (χ2n) is 3.01. The maximum Gasteiger partial charge on any atom is 0.522 e. The number of alkyl halides is 3. The van der Waals surface area contributed by atoms with Crippen LogP contribution in [-0.4, -0.2) is 12.5 Å². The molecular formula is C7H11F3O. The summed E-state index contributed by atoms with van der Waals surface area (Å²) in [6.07, 6.45) is -2.82. The summed E-state index contributed by atoms with van der Waals surface area (Å²) in [6, 6.07) is 0. The predicted molar refractivity (Wildman–Crippen MR) is 33.9 cm³/mol. The molecule has 0 N–H and O–H groups in total. The molecule has 0 radical (unpaired) electrons. The van der Waals surface area contributed by atoms with E-state index in [1.54, 1.807) is 6.92 Å². The Bertz CT molecular complexity index is 132. The van der Waals surface area contributed by atoms with Gasteiger partial charge in [0.15, 0.2) is 0 Å². The zero-order valence-corrected chi connectivity index (χ0v) is 6.32. The van der Waals surface area contributed by atoms with E-state index in [2.05, 4.69) is 4.74 Å². The van der Waals surface area contributed by atoms with Crippen LogP contribution in [0.15, 0.2) is 0 Å². The van der Waals surface area contributed by atoms with E-state index >= 15 is 0 Å². The van der Waals surface area contributed by atoms with Crippen LogP contribution in [0.4, 0.5) is 13.2 Å². The van der Waals surface area contributed by atoms with Crippen LogP contribution in [0.3, 0.4) is 0 Å². The molecule has 1 aliphatic carbocycles. The third-order valence-corrected chi connectivity index (χ3v) is 2.07. The van der Waals surface area contributed by atoms with Gasteiger partial charge in [0.25, 0.3) is 0 Å². The molecule has 0 aromatic carbocycles. The average Bonchev–Trinajstić information content (AvgIpc) is 2.12. The van der Waals surface area contributed by atoms with Crippen molar-refractivity contribution in [1.29, 1.82) is 0 Å². The first-order chi connectivity index (χ1) is 4.99. The van der Waals surface area contributed by atoms with Crippen molar-refractivity contribution in [2.75, 3.05) is 0 Å². The van der Waals surface area contributed by atoms with Crippen molar-refractivity contribution in [2.45, 2.75) is 38.7 Å². The number of halogens is 3. The standard InChI is InChI=1S/C7H11F3O/c1-5-3-2-4-6(5)11-7(8,9)10/h5-6H,2-4H2,1H3. The summed E-state index contributed by atoms with van der Waals surface area (Å²) in [5, 5.41) is 0. The van der Waals surface area contributed by atoms with E-state index in [-0.39, 0.29) is 5.92 Å². The van der Waals surface area contributed by atoms with Gasteiger partial charge >= 0.3 is 6.36 Å². The molecule has 0 amide bonds. The molecule has 0 aliphatic heterocycles. The second kappa shape index (κ2) is 3.01. The van der Waals surface area contributed by atoms with Gasteiger partial charge in [-0.15, -0.1) is 13.2 Å². The first-order valence-corrected chi connectivity index (χ1v) is 3.73. The van der Waals surface area contributed by atoms with E-state index in [1.165, 1.54) is 0 Å². The molecule has 11 heavy (non-hydrogen) atoms. The van der Waals surface area contributed by atoms with E-state index in [9.17, 15) is 13.2 Å². The van der Waals surface area contributed by atoms with Crippen molar-refractivity contribution in [3.63, 3.8) is 0 Å². The molecular weight excluding hydrogens is 157 g/mol. The van der Waals surface area contributed by atoms with Crippen molar-refractivity contribution in [3.8, 4) is 0 Å². The van der Waals surface area contributed by atoms with Crippen molar-refractivity contribution >= 4 is 0 Å². The lowest BCUT2D eigenvalue weighted by atomic mass is 10.1. The van der Waals surface area contributed by atoms with Gasteiger partial charge < -0.3 is 0 Å². The molecule has 0 heterocycles. The van der Waals surface area contributed by atoms with E-state index in [0.717, 1.165) is 12.8 Å². The minimum atomic E-state index is -4.46. The van der Waals surface area contributed by atoms with Crippen molar-refractivity contribution in [1.82, 2.24) is 0 Å². The molecule has 0 aromatic heterocycles. The number of hydrogen-bond acceptors (Lipinski definition) is 1. The monoisotopic (exact) mass is 168 g/mol. The largest absolute Gasteiger partial charge is 0.522 e. The highest BCUT2D eigenvalue weighted by atomic mass is 19.4. The third-order valence-electron chi connectivity index (χ3n) is 2.07. The minimum absolute atomic E-state index is 0.0524. The zero-order valence-electron chi connectivity index (χ0n) is 6.32. The lowest BCUT2D eigenvalue weighted by Gasteiger charge is -2.17. The molecule has 1 fully saturated rings. The van der Waals surface area contributed by atoms with Crippen LogP contribution in [-0.2, 0) is 4.74 Å². The minimum Gasteiger partial charge on any atom is -0.288 e. The summed E-state index contributed by atoms with van der Waals surface area (Å²) in [7, 11) is 0. The Labute approximate surface area is 63.5 Å². The summed E-state index contributed by atoms with van der Waals surface area (Å²) < 4.78 is 38.9. The molecule has 4 heteroatoms.